The SMILES string of the molecule is CCOC/C=C\C[C@H]1[C@@H](C)CC(OP)[C@@H]1/C=C/C(COc1cccc(Cl)c1)OP. The summed E-state index contributed by atoms with van der Waals surface area (Å²) in [6.45, 7) is 6.14. The Labute approximate surface area is 184 Å². The Morgan fingerprint density at radius 2 is 2.10 bits per heavy atom. The smallest absolute Gasteiger partial charge is 0.120 e. The van der Waals surface area contributed by atoms with Crippen LogP contribution in [0.25, 0.3) is 0 Å². The third-order valence-corrected chi connectivity index (χ3v) is 6.29. The van der Waals surface area contributed by atoms with Gasteiger partial charge in [-0.2, -0.15) is 0 Å². The van der Waals surface area contributed by atoms with Crippen LogP contribution < -0.4 is 4.74 Å². The van der Waals surface area contributed by atoms with E-state index in [1.165, 1.54) is 0 Å². The summed E-state index contributed by atoms with van der Waals surface area (Å²) in [5.41, 5.74) is 0. The largest absolute Gasteiger partial charge is 0.490 e. The van der Waals surface area contributed by atoms with E-state index >= 15 is 0 Å². The summed E-state index contributed by atoms with van der Waals surface area (Å²) in [4.78, 5) is 0. The van der Waals surface area contributed by atoms with Crippen LogP contribution in [0.1, 0.15) is 26.7 Å². The molecule has 1 aromatic carbocycles. The van der Waals surface area contributed by atoms with Gasteiger partial charge in [0.15, 0.2) is 0 Å². The standard InChI is InChI=1S/C22H33ClO4P2/c1-3-24-12-5-4-9-20-16(2)13-22(27-29)21(20)11-10-19(26-28)15-25-18-8-6-7-17(23)14-18/h4-8,10-11,14,16,19-22H,3,9,12-13,15,28-29H2,1-2H3/b5-4-,11-10+/t16-,19?,20-,21+,22?/m0/s1. The normalized spacial score (nSPS) is 25.8. The highest BCUT2D eigenvalue weighted by Crippen LogP contribution is 2.42. The van der Waals surface area contributed by atoms with E-state index in [9.17, 15) is 0 Å². The van der Waals surface area contributed by atoms with E-state index in [0.29, 0.717) is 36.0 Å². The quantitative estimate of drug-likeness (QED) is 0.223. The molecular weight excluding hydrogens is 426 g/mol. The first-order chi connectivity index (χ1) is 14.1. The molecule has 1 aromatic rings. The van der Waals surface area contributed by atoms with Gasteiger partial charge in [-0.1, -0.05) is 48.9 Å². The van der Waals surface area contributed by atoms with Crippen molar-refractivity contribution in [1.29, 1.82) is 0 Å². The van der Waals surface area contributed by atoms with Crippen molar-refractivity contribution >= 4 is 30.5 Å². The average Bonchev–Trinajstić information content (AvgIpc) is 3.02. The van der Waals surface area contributed by atoms with Crippen molar-refractivity contribution in [2.75, 3.05) is 19.8 Å². The molecular formula is C22H33ClO4P2. The minimum Gasteiger partial charge on any atom is -0.490 e. The van der Waals surface area contributed by atoms with Crippen molar-refractivity contribution < 1.29 is 18.5 Å². The van der Waals surface area contributed by atoms with E-state index in [-0.39, 0.29) is 12.2 Å². The summed E-state index contributed by atoms with van der Waals surface area (Å²) < 4.78 is 22.4. The van der Waals surface area contributed by atoms with Gasteiger partial charge in [-0.15, -0.1) is 0 Å². The first kappa shape index (κ1) is 24.8. The van der Waals surface area contributed by atoms with Crippen LogP contribution in [0.2, 0.25) is 5.02 Å². The van der Waals surface area contributed by atoms with Crippen molar-refractivity contribution in [2.45, 2.75) is 38.9 Å². The summed E-state index contributed by atoms with van der Waals surface area (Å²) in [6.07, 6.45) is 10.7. The zero-order chi connectivity index (χ0) is 21.1. The highest BCUT2D eigenvalue weighted by atomic mass is 35.5. The second kappa shape index (κ2) is 13.8. The predicted molar refractivity (Wildman–Crippen MR) is 126 cm³/mol. The van der Waals surface area contributed by atoms with Crippen LogP contribution in [0, 0.1) is 17.8 Å². The fourth-order valence-electron chi connectivity index (χ4n) is 3.79. The molecule has 0 heterocycles. The van der Waals surface area contributed by atoms with Crippen LogP contribution in [-0.2, 0) is 13.8 Å². The maximum atomic E-state index is 6.01. The van der Waals surface area contributed by atoms with Gasteiger partial charge in [0.25, 0.3) is 0 Å². The number of halogens is 1. The maximum absolute atomic E-state index is 6.01. The minimum atomic E-state index is -0.172. The molecule has 0 aliphatic heterocycles. The monoisotopic (exact) mass is 458 g/mol. The van der Waals surface area contributed by atoms with Gasteiger partial charge >= 0.3 is 0 Å². The van der Waals surface area contributed by atoms with E-state index in [1.54, 1.807) is 6.07 Å². The minimum absolute atomic E-state index is 0.172. The summed E-state index contributed by atoms with van der Waals surface area (Å²) >= 11 is 6.01. The van der Waals surface area contributed by atoms with E-state index in [1.807, 2.05) is 25.1 Å². The predicted octanol–water partition coefficient (Wildman–Crippen LogP) is 5.88. The molecule has 1 fully saturated rings. The Morgan fingerprint density at radius 3 is 2.79 bits per heavy atom. The fraction of sp³-hybridized carbons (Fsp3) is 0.545. The molecule has 29 heavy (non-hydrogen) atoms. The van der Waals surface area contributed by atoms with Crippen LogP contribution >= 0.6 is 30.5 Å². The Kier molecular flexibility index (Phi) is 11.8. The van der Waals surface area contributed by atoms with Gasteiger partial charge in [0.05, 0.1) is 12.7 Å². The third-order valence-electron chi connectivity index (χ3n) is 5.36. The van der Waals surface area contributed by atoms with E-state index in [0.717, 1.165) is 25.2 Å². The van der Waals surface area contributed by atoms with E-state index in [2.05, 4.69) is 50.2 Å². The highest BCUT2D eigenvalue weighted by molar-refractivity contribution is 7.10. The second-order valence-electron chi connectivity index (χ2n) is 7.32. The van der Waals surface area contributed by atoms with E-state index in [4.69, 9.17) is 30.1 Å². The lowest BCUT2D eigenvalue weighted by molar-refractivity contribution is 0.176. The molecule has 0 N–H and O–H groups in total. The zero-order valence-corrected chi connectivity index (χ0v) is 20.3. The molecule has 0 bridgehead atoms. The molecule has 4 unspecified atom stereocenters. The molecule has 1 aliphatic carbocycles. The van der Waals surface area contributed by atoms with Crippen LogP contribution in [0.15, 0.2) is 48.6 Å². The van der Waals surface area contributed by atoms with Gasteiger partial charge in [0.2, 0.25) is 0 Å². The lowest BCUT2D eigenvalue weighted by atomic mass is 9.86. The molecule has 0 spiro atoms. The zero-order valence-electron chi connectivity index (χ0n) is 17.2. The molecule has 7 atom stereocenters. The number of benzene rings is 1. The first-order valence-corrected chi connectivity index (χ1v) is 11.4. The van der Waals surface area contributed by atoms with Crippen molar-refractivity contribution in [3.63, 3.8) is 0 Å². The van der Waals surface area contributed by atoms with Crippen molar-refractivity contribution in [2.24, 2.45) is 17.8 Å². The third kappa shape index (κ3) is 8.29. The number of hydrogen-bond acceptors (Lipinski definition) is 4. The summed E-state index contributed by atoms with van der Waals surface area (Å²) in [6, 6.07) is 7.38. The van der Waals surface area contributed by atoms with Gasteiger partial charge in [0, 0.05) is 36.5 Å². The van der Waals surface area contributed by atoms with Crippen molar-refractivity contribution in [3.8, 4) is 5.75 Å². The van der Waals surface area contributed by atoms with Crippen molar-refractivity contribution in [3.05, 3.63) is 53.6 Å². The van der Waals surface area contributed by atoms with Gasteiger partial charge in [-0.05, 0) is 49.8 Å². The average molecular weight is 459 g/mol. The second-order valence-corrected chi connectivity index (χ2v) is 8.30. The fourth-order valence-corrected chi connectivity index (χ4v) is 4.43. The molecule has 162 valence electrons. The number of hydrogen-bond donors (Lipinski definition) is 0. The highest BCUT2D eigenvalue weighted by Gasteiger charge is 2.39. The molecule has 0 radical (unpaired) electrons. The van der Waals surface area contributed by atoms with Crippen LogP contribution in [-0.4, -0.2) is 32.0 Å². The van der Waals surface area contributed by atoms with Gasteiger partial charge in [-0.25, -0.2) is 0 Å². The van der Waals surface area contributed by atoms with Crippen LogP contribution in [0.5, 0.6) is 5.75 Å². The molecule has 0 aromatic heterocycles. The lowest BCUT2D eigenvalue weighted by Gasteiger charge is -2.22. The molecule has 4 nitrogen and oxygen atoms in total. The Hall–Kier alpha value is -0.470. The molecule has 1 saturated carbocycles. The topological polar surface area (TPSA) is 36.9 Å². The Balaban J connectivity index is 1.97. The van der Waals surface area contributed by atoms with Gasteiger partial charge < -0.3 is 18.5 Å². The Bertz CT molecular complexity index is 655. The van der Waals surface area contributed by atoms with Crippen LogP contribution in [0.4, 0.5) is 0 Å². The molecule has 1 aliphatic rings. The molecule has 7 heteroatoms. The van der Waals surface area contributed by atoms with E-state index < -0.39 is 0 Å². The van der Waals surface area contributed by atoms with Gasteiger partial charge in [-0.3, -0.25) is 0 Å². The number of allylic oxidation sites excluding steroid dienone is 1. The summed E-state index contributed by atoms with van der Waals surface area (Å²) in [7, 11) is 4.76. The summed E-state index contributed by atoms with van der Waals surface area (Å²) in [5, 5.41) is 0.655. The lowest BCUT2D eigenvalue weighted by Crippen LogP contribution is -2.21. The van der Waals surface area contributed by atoms with Crippen molar-refractivity contribution in [1.82, 2.24) is 0 Å². The van der Waals surface area contributed by atoms with Gasteiger partial charge in [0.1, 0.15) is 18.5 Å². The summed E-state index contributed by atoms with van der Waals surface area (Å²) in [5.74, 6) is 2.17. The van der Waals surface area contributed by atoms with Crippen LogP contribution in [0.3, 0.4) is 0 Å². The molecule has 0 amide bonds. The molecule has 2 rings (SSSR count). The number of rotatable bonds is 12. The number of ether oxygens (including phenoxy) is 2. The Morgan fingerprint density at radius 1 is 1.28 bits per heavy atom. The maximum Gasteiger partial charge on any atom is 0.120 e. The molecule has 0 saturated heterocycles. The first-order valence-electron chi connectivity index (χ1n) is 10.1.